The summed E-state index contributed by atoms with van der Waals surface area (Å²) in [6, 6.07) is 21.6. The van der Waals surface area contributed by atoms with E-state index < -0.39 is 18.2 Å². The Morgan fingerprint density at radius 2 is 1.05 bits per heavy atom. The number of halogens is 3. The predicted octanol–water partition coefficient (Wildman–Crippen LogP) is 11.1. The van der Waals surface area contributed by atoms with Crippen molar-refractivity contribution in [3.63, 3.8) is 0 Å². The van der Waals surface area contributed by atoms with Gasteiger partial charge < -0.3 is 9.47 Å². The van der Waals surface area contributed by atoms with Crippen molar-refractivity contribution >= 4 is 11.9 Å². The number of carbonyl (C=O) groups excluding carboxylic acids is 2. The number of benzene rings is 3. The number of hydrogen-bond acceptors (Lipinski definition) is 4. The van der Waals surface area contributed by atoms with Gasteiger partial charge in [0.2, 0.25) is 0 Å². The van der Waals surface area contributed by atoms with Crippen molar-refractivity contribution in [1.82, 2.24) is 0 Å². The normalized spacial score (nSPS) is 12.1. The second-order valence-corrected chi connectivity index (χ2v) is 11.3. The van der Waals surface area contributed by atoms with Crippen molar-refractivity contribution in [2.75, 3.05) is 0 Å². The summed E-state index contributed by atoms with van der Waals surface area (Å²) in [5, 5.41) is 0. The Morgan fingerprint density at radius 1 is 0.614 bits per heavy atom. The highest BCUT2D eigenvalue weighted by Gasteiger charge is 2.42. The Hall–Kier alpha value is -3.61. The molecule has 0 N–H and O–H groups in total. The molecule has 3 rings (SSSR count). The monoisotopic (exact) mass is 610 g/mol. The molecule has 3 aromatic rings. The van der Waals surface area contributed by atoms with Crippen LogP contribution in [-0.4, -0.2) is 24.2 Å². The van der Waals surface area contributed by atoms with E-state index in [1.54, 1.807) is 24.3 Å². The number of unbranched alkanes of at least 4 members (excludes halogenated alkanes) is 9. The number of alkyl halides is 3. The van der Waals surface area contributed by atoms with Crippen LogP contribution in [-0.2, 0) is 9.53 Å². The van der Waals surface area contributed by atoms with E-state index in [-0.39, 0.29) is 18.0 Å². The molecule has 0 aliphatic rings. The van der Waals surface area contributed by atoms with Crippen molar-refractivity contribution in [1.29, 1.82) is 0 Å². The highest BCUT2D eigenvalue weighted by Crippen LogP contribution is 2.30. The Bertz CT molecular complexity index is 1270. The predicted molar refractivity (Wildman–Crippen MR) is 170 cm³/mol. The Labute approximate surface area is 260 Å². The number of hydrogen-bond donors (Lipinski definition) is 0. The van der Waals surface area contributed by atoms with Gasteiger partial charge in [0, 0.05) is 6.42 Å². The maximum Gasteiger partial charge on any atom is 0.425 e. The molecule has 0 saturated heterocycles. The first-order chi connectivity index (χ1) is 21.2. The molecule has 0 heterocycles. The van der Waals surface area contributed by atoms with E-state index in [4.69, 9.17) is 9.47 Å². The van der Waals surface area contributed by atoms with Crippen LogP contribution in [0.25, 0.3) is 22.3 Å². The van der Waals surface area contributed by atoms with E-state index in [0.29, 0.717) is 25.0 Å². The molecule has 4 nitrogen and oxygen atoms in total. The quantitative estimate of drug-likeness (QED) is 0.0817. The van der Waals surface area contributed by atoms with Crippen LogP contribution >= 0.6 is 0 Å². The molecule has 0 bridgehead atoms. The fourth-order valence-electron chi connectivity index (χ4n) is 5.02. The van der Waals surface area contributed by atoms with E-state index in [0.717, 1.165) is 54.4 Å². The van der Waals surface area contributed by atoms with Gasteiger partial charge in [0.05, 0.1) is 5.56 Å². The van der Waals surface area contributed by atoms with Gasteiger partial charge in [-0.25, -0.2) is 4.79 Å². The maximum absolute atomic E-state index is 13.4. The van der Waals surface area contributed by atoms with Crippen LogP contribution in [0.15, 0.2) is 72.8 Å². The number of rotatable bonds is 18. The molecule has 0 radical (unpaired) electrons. The summed E-state index contributed by atoms with van der Waals surface area (Å²) in [6.07, 6.45) is 4.33. The lowest BCUT2D eigenvalue weighted by Crippen LogP contribution is -2.33. The van der Waals surface area contributed by atoms with Gasteiger partial charge >= 0.3 is 18.1 Å². The molecule has 0 aliphatic heterocycles. The SMILES string of the molecule is CCCCCCCCCC(=O)Oc1ccc(-c2ccc(-c3ccc(C(=O)OC(CCCCCC)C(F)(F)F)cc3)cc2)cc1. The van der Waals surface area contributed by atoms with Gasteiger partial charge in [-0.1, -0.05) is 120 Å². The van der Waals surface area contributed by atoms with Crippen molar-refractivity contribution in [2.45, 2.75) is 110 Å². The maximum atomic E-state index is 13.4. The molecule has 1 atom stereocenters. The zero-order valence-electron chi connectivity index (χ0n) is 26.0. The molecule has 3 aromatic carbocycles. The summed E-state index contributed by atoms with van der Waals surface area (Å²) in [7, 11) is 0. The van der Waals surface area contributed by atoms with E-state index >= 15 is 0 Å². The summed E-state index contributed by atoms with van der Waals surface area (Å²) in [4.78, 5) is 24.7. The first-order valence-electron chi connectivity index (χ1n) is 16.0. The van der Waals surface area contributed by atoms with Crippen LogP contribution in [0.4, 0.5) is 13.2 Å². The molecule has 44 heavy (non-hydrogen) atoms. The van der Waals surface area contributed by atoms with Crippen LogP contribution in [0.2, 0.25) is 0 Å². The molecule has 7 heteroatoms. The standard InChI is InChI=1S/C37H45F3O4/c1-3-5-7-9-10-11-13-15-35(41)43-33-26-24-31(25-27-33)29-18-16-28(17-19-29)30-20-22-32(23-21-30)36(42)44-34(37(38,39)40)14-12-8-6-4-2/h16-27,34H,3-15H2,1-2H3. The summed E-state index contributed by atoms with van der Waals surface area (Å²) in [5.41, 5.74) is 3.75. The average Bonchev–Trinajstić information content (AvgIpc) is 3.02. The Balaban J connectivity index is 1.51. The first kappa shape index (κ1) is 34.9. The molecule has 0 fully saturated rings. The lowest BCUT2D eigenvalue weighted by molar-refractivity contribution is -0.206. The highest BCUT2D eigenvalue weighted by molar-refractivity contribution is 5.90. The van der Waals surface area contributed by atoms with E-state index in [1.807, 2.05) is 43.3 Å². The van der Waals surface area contributed by atoms with Crippen LogP contribution in [0.5, 0.6) is 5.75 Å². The molecule has 0 aromatic heterocycles. The van der Waals surface area contributed by atoms with E-state index in [2.05, 4.69) is 6.92 Å². The Morgan fingerprint density at radius 3 is 1.55 bits per heavy atom. The van der Waals surface area contributed by atoms with E-state index in [1.165, 1.54) is 37.8 Å². The zero-order chi connectivity index (χ0) is 31.8. The minimum Gasteiger partial charge on any atom is -0.449 e. The Kier molecular flexibility index (Phi) is 14.5. The average molecular weight is 611 g/mol. The van der Waals surface area contributed by atoms with Crippen molar-refractivity contribution in [3.05, 3.63) is 78.4 Å². The smallest absolute Gasteiger partial charge is 0.425 e. The molecule has 238 valence electrons. The minimum atomic E-state index is -4.60. The second-order valence-electron chi connectivity index (χ2n) is 11.3. The van der Waals surface area contributed by atoms with Gasteiger partial charge in [0.1, 0.15) is 5.75 Å². The van der Waals surface area contributed by atoms with Crippen LogP contribution in [0.1, 0.15) is 108 Å². The first-order valence-corrected chi connectivity index (χ1v) is 16.0. The zero-order valence-corrected chi connectivity index (χ0v) is 26.0. The minimum absolute atomic E-state index is 0.0800. The lowest BCUT2D eigenvalue weighted by Gasteiger charge is -2.20. The second kappa shape index (κ2) is 18.3. The van der Waals surface area contributed by atoms with Gasteiger partial charge in [0.25, 0.3) is 0 Å². The summed E-state index contributed by atoms with van der Waals surface area (Å²) < 4.78 is 50.6. The fourth-order valence-corrected chi connectivity index (χ4v) is 5.02. The molecular formula is C37H45F3O4. The molecule has 1 unspecified atom stereocenters. The largest absolute Gasteiger partial charge is 0.449 e. The van der Waals surface area contributed by atoms with E-state index in [9.17, 15) is 22.8 Å². The number of esters is 2. The van der Waals surface area contributed by atoms with Crippen molar-refractivity contribution < 1.29 is 32.2 Å². The van der Waals surface area contributed by atoms with Gasteiger partial charge in [0.15, 0.2) is 6.10 Å². The third-order valence-electron chi connectivity index (χ3n) is 7.68. The summed E-state index contributed by atoms with van der Waals surface area (Å²) in [5.74, 6) is -0.663. The van der Waals surface area contributed by atoms with Crippen LogP contribution in [0, 0.1) is 0 Å². The summed E-state index contributed by atoms with van der Waals surface area (Å²) in [6.45, 7) is 4.18. The van der Waals surface area contributed by atoms with Gasteiger partial charge in [-0.15, -0.1) is 0 Å². The lowest BCUT2D eigenvalue weighted by atomic mass is 9.99. The fraction of sp³-hybridized carbons (Fsp3) is 0.459. The third-order valence-corrected chi connectivity index (χ3v) is 7.68. The summed E-state index contributed by atoms with van der Waals surface area (Å²) >= 11 is 0. The molecule has 0 saturated carbocycles. The van der Waals surface area contributed by atoms with Gasteiger partial charge in [-0.2, -0.15) is 13.2 Å². The highest BCUT2D eigenvalue weighted by atomic mass is 19.4. The molecule has 0 amide bonds. The van der Waals surface area contributed by atoms with Crippen LogP contribution < -0.4 is 4.74 Å². The molecule has 0 spiro atoms. The third kappa shape index (κ3) is 11.8. The number of ether oxygens (including phenoxy) is 2. The molecule has 0 aliphatic carbocycles. The van der Waals surface area contributed by atoms with Crippen LogP contribution in [0.3, 0.4) is 0 Å². The molecular weight excluding hydrogens is 565 g/mol. The van der Waals surface area contributed by atoms with Gasteiger partial charge in [-0.3, -0.25) is 4.79 Å². The van der Waals surface area contributed by atoms with Crippen molar-refractivity contribution in [3.8, 4) is 28.0 Å². The topological polar surface area (TPSA) is 52.6 Å². The number of carbonyl (C=O) groups is 2. The van der Waals surface area contributed by atoms with Crippen molar-refractivity contribution in [2.24, 2.45) is 0 Å². The van der Waals surface area contributed by atoms with Gasteiger partial charge in [-0.05, 0) is 65.8 Å².